The molecule has 0 unspecified atom stereocenters. The number of guanidine groups is 1. The molecule has 2 rings (SSSR count). The van der Waals surface area contributed by atoms with Crippen LogP contribution in [0.15, 0.2) is 20.9 Å². The molecule has 22 heavy (non-hydrogen) atoms. The molecular weight excluding hydrogens is 362 g/mol. The van der Waals surface area contributed by atoms with Crippen molar-refractivity contribution < 1.29 is 4.74 Å². The molecule has 1 aliphatic rings. The van der Waals surface area contributed by atoms with Gasteiger partial charge in [-0.1, -0.05) is 6.42 Å². The SMILES string of the molecule is CCNC(=NCc1cc(Br)cs1)NCC1(CCOC)CCC1. The van der Waals surface area contributed by atoms with Crippen molar-refractivity contribution in [3.63, 3.8) is 0 Å². The molecule has 4 nitrogen and oxygen atoms in total. The topological polar surface area (TPSA) is 45.7 Å². The standard InChI is InChI=1S/C16H26BrN3OS/c1-3-18-15(19-10-14-9-13(17)11-22-14)20-12-16(5-4-6-16)7-8-21-2/h9,11H,3-8,10,12H2,1-2H3,(H2,18,19,20). The average Bonchev–Trinajstić information content (AvgIpc) is 2.88. The van der Waals surface area contributed by atoms with Crippen molar-refractivity contribution in [2.45, 2.75) is 39.2 Å². The van der Waals surface area contributed by atoms with Crippen LogP contribution in [0.4, 0.5) is 0 Å². The Balaban J connectivity index is 1.87. The predicted octanol–water partition coefficient (Wildman–Crippen LogP) is 3.77. The Morgan fingerprint density at radius 1 is 1.45 bits per heavy atom. The summed E-state index contributed by atoms with van der Waals surface area (Å²) in [7, 11) is 1.78. The van der Waals surface area contributed by atoms with Crippen molar-refractivity contribution in [1.29, 1.82) is 0 Å². The molecule has 6 heteroatoms. The van der Waals surface area contributed by atoms with Crippen LogP contribution in [0.25, 0.3) is 0 Å². The van der Waals surface area contributed by atoms with Gasteiger partial charge in [0.15, 0.2) is 5.96 Å². The lowest BCUT2D eigenvalue weighted by Gasteiger charge is -2.42. The van der Waals surface area contributed by atoms with Crippen LogP contribution in [0, 0.1) is 5.41 Å². The van der Waals surface area contributed by atoms with Gasteiger partial charge in [-0.15, -0.1) is 11.3 Å². The molecule has 0 atom stereocenters. The van der Waals surface area contributed by atoms with Crippen LogP contribution in [-0.2, 0) is 11.3 Å². The number of thiophene rings is 1. The van der Waals surface area contributed by atoms with E-state index in [1.807, 2.05) is 0 Å². The third kappa shape index (κ3) is 5.25. The number of nitrogens with zero attached hydrogens (tertiary/aromatic N) is 1. The first-order valence-electron chi connectivity index (χ1n) is 7.91. The van der Waals surface area contributed by atoms with Crippen molar-refractivity contribution in [2.75, 3.05) is 26.8 Å². The Bertz CT molecular complexity index is 485. The number of hydrogen-bond acceptors (Lipinski definition) is 3. The summed E-state index contributed by atoms with van der Waals surface area (Å²) in [6.07, 6.45) is 5.05. The molecule has 0 aliphatic heterocycles. The van der Waals surface area contributed by atoms with E-state index in [1.165, 1.54) is 24.1 Å². The van der Waals surface area contributed by atoms with Gasteiger partial charge >= 0.3 is 0 Å². The zero-order valence-corrected chi connectivity index (χ0v) is 15.9. The Morgan fingerprint density at radius 3 is 2.82 bits per heavy atom. The Kier molecular flexibility index (Phi) is 7.18. The van der Waals surface area contributed by atoms with Gasteiger partial charge < -0.3 is 15.4 Å². The number of aliphatic imine (C=N–C) groups is 1. The molecule has 2 N–H and O–H groups in total. The van der Waals surface area contributed by atoms with Crippen LogP contribution in [0.2, 0.25) is 0 Å². The second kappa shape index (κ2) is 8.89. The van der Waals surface area contributed by atoms with Crippen molar-refractivity contribution in [2.24, 2.45) is 10.4 Å². The molecule has 1 aromatic heterocycles. The van der Waals surface area contributed by atoms with Gasteiger partial charge in [0.05, 0.1) is 6.54 Å². The summed E-state index contributed by atoms with van der Waals surface area (Å²) in [6, 6.07) is 2.13. The number of nitrogens with one attached hydrogen (secondary N) is 2. The van der Waals surface area contributed by atoms with E-state index < -0.39 is 0 Å². The van der Waals surface area contributed by atoms with Gasteiger partial charge in [-0.05, 0) is 53.6 Å². The minimum Gasteiger partial charge on any atom is -0.385 e. The van der Waals surface area contributed by atoms with Crippen LogP contribution in [0.5, 0.6) is 0 Å². The van der Waals surface area contributed by atoms with Gasteiger partial charge in [0, 0.05) is 41.5 Å². The van der Waals surface area contributed by atoms with Gasteiger partial charge in [-0.2, -0.15) is 0 Å². The van der Waals surface area contributed by atoms with Gasteiger partial charge in [-0.3, -0.25) is 0 Å². The normalized spacial score (nSPS) is 17.1. The molecule has 1 aromatic rings. The minimum absolute atomic E-state index is 0.401. The molecule has 0 aromatic carbocycles. The summed E-state index contributed by atoms with van der Waals surface area (Å²) < 4.78 is 6.39. The maximum atomic E-state index is 5.26. The maximum Gasteiger partial charge on any atom is 0.191 e. The maximum absolute atomic E-state index is 5.26. The zero-order valence-electron chi connectivity index (χ0n) is 13.5. The molecule has 0 amide bonds. The lowest BCUT2D eigenvalue weighted by molar-refractivity contribution is 0.0732. The highest BCUT2D eigenvalue weighted by Crippen LogP contribution is 2.43. The van der Waals surface area contributed by atoms with Crippen molar-refractivity contribution in [3.05, 3.63) is 20.8 Å². The van der Waals surface area contributed by atoms with E-state index in [0.29, 0.717) is 5.41 Å². The third-order valence-electron chi connectivity index (χ3n) is 4.24. The molecule has 1 aliphatic carbocycles. The van der Waals surface area contributed by atoms with E-state index in [0.717, 1.165) is 43.1 Å². The molecule has 1 fully saturated rings. The van der Waals surface area contributed by atoms with Gasteiger partial charge in [0.2, 0.25) is 0 Å². The summed E-state index contributed by atoms with van der Waals surface area (Å²) in [5.74, 6) is 0.913. The summed E-state index contributed by atoms with van der Waals surface area (Å²) >= 11 is 5.22. The van der Waals surface area contributed by atoms with Crippen LogP contribution in [0.1, 0.15) is 37.5 Å². The van der Waals surface area contributed by atoms with Crippen LogP contribution >= 0.6 is 27.3 Å². The Labute approximate surface area is 145 Å². The molecule has 0 saturated heterocycles. The van der Waals surface area contributed by atoms with Crippen LogP contribution < -0.4 is 10.6 Å². The predicted molar refractivity (Wildman–Crippen MR) is 97.6 cm³/mol. The fourth-order valence-electron chi connectivity index (χ4n) is 2.72. The van der Waals surface area contributed by atoms with E-state index in [-0.39, 0.29) is 0 Å². The monoisotopic (exact) mass is 387 g/mol. The molecule has 124 valence electrons. The molecule has 1 saturated carbocycles. The fourth-order valence-corrected chi connectivity index (χ4v) is 4.09. The van der Waals surface area contributed by atoms with Crippen molar-refractivity contribution >= 4 is 33.2 Å². The fraction of sp³-hybridized carbons (Fsp3) is 0.688. The van der Waals surface area contributed by atoms with Gasteiger partial charge in [-0.25, -0.2) is 4.99 Å². The highest BCUT2D eigenvalue weighted by Gasteiger charge is 2.36. The first-order chi connectivity index (χ1) is 10.7. The lowest BCUT2D eigenvalue weighted by Crippen LogP contribution is -2.46. The Hall–Kier alpha value is -0.590. The molecule has 0 spiro atoms. The second-order valence-electron chi connectivity index (χ2n) is 5.88. The largest absolute Gasteiger partial charge is 0.385 e. The minimum atomic E-state index is 0.401. The smallest absolute Gasteiger partial charge is 0.191 e. The number of rotatable bonds is 8. The van der Waals surface area contributed by atoms with E-state index >= 15 is 0 Å². The van der Waals surface area contributed by atoms with Crippen LogP contribution in [0.3, 0.4) is 0 Å². The van der Waals surface area contributed by atoms with E-state index in [9.17, 15) is 0 Å². The van der Waals surface area contributed by atoms with Gasteiger partial charge in [0.25, 0.3) is 0 Å². The average molecular weight is 388 g/mol. The lowest BCUT2D eigenvalue weighted by atomic mass is 9.67. The van der Waals surface area contributed by atoms with E-state index in [2.05, 4.69) is 44.9 Å². The molecule has 1 heterocycles. The van der Waals surface area contributed by atoms with Crippen molar-refractivity contribution in [1.82, 2.24) is 10.6 Å². The second-order valence-corrected chi connectivity index (χ2v) is 7.79. The molecule has 0 radical (unpaired) electrons. The number of halogens is 1. The Morgan fingerprint density at radius 2 is 2.27 bits per heavy atom. The summed E-state index contributed by atoms with van der Waals surface area (Å²) in [5.41, 5.74) is 0.401. The summed E-state index contributed by atoms with van der Waals surface area (Å²) in [5, 5.41) is 8.96. The first kappa shape index (κ1) is 17.8. The number of hydrogen-bond donors (Lipinski definition) is 2. The number of ether oxygens (including phenoxy) is 1. The quantitative estimate of drug-likeness (QED) is 0.526. The van der Waals surface area contributed by atoms with E-state index in [1.54, 1.807) is 18.4 Å². The summed E-state index contributed by atoms with van der Waals surface area (Å²) in [6.45, 7) is 5.53. The molecule has 0 bridgehead atoms. The molecular formula is C16H26BrN3OS. The van der Waals surface area contributed by atoms with E-state index in [4.69, 9.17) is 9.73 Å². The zero-order chi connectivity index (χ0) is 15.8. The number of methoxy groups -OCH3 is 1. The summed E-state index contributed by atoms with van der Waals surface area (Å²) in [4.78, 5) is 5.96. The highest BCUT2D eigenvalue weighted by molar-refractivity contribution is 9.10. The van der Waals surface area contributed by atoms with Crippen LogP contribution in [-0.4, -0.2) is 32.8 Å². The van der Waals surface area contributed by atoms with Crippen molar-refractivity contribution in [3.8, 4) is 0 Å². The third-order valence-corrected chi connectivity index (χ3v) is 5.92. The van der Waals surface area contributed by atoms with Gasteiger partial charge in [0.1, 0.15) is 0 Å². The highest BCUT2D eigenvalue weighted by atomic mass is 79.9. The first-order valence-corrected chi connectivity index (χ1v) is 9.59.